The summed E-state index contributed by atoms with van der Waals surface area (Å²) in [4.78, 5) is 9.87. The molecule has 0 radical (unpaired) electrons. The molecule has 23 heavy (non-hydrogen) atoms. The second-order valence-corrected chi connectivity index (χ2v) is 5.06. The van der Waals surface area contributed by atoms with Crippen LogP contribution >= 0.6 is 0 Å². The van der Waals surface area contributed by atoms with Crippen LogP contribution in [0, 0.1) is 0 Å². The van der Waals surface area contributed by atoms with Crippen molar-refractivity contribution in [3.8, 4) is 11.3 Å². The lowest BCUT2D eigenvalue weighted by atomic mass is 10.1. The molecule has 0 aliphatic heterocycles. The zero-order chi connectivity index (χ0) is 15.8. The number of rotatable bonds is 4. The van der Waals surface area contributed by atoms with E-state index in [9.17, 15) is 0 Å². The minimum atomic E-state index is 0.335. The summed E-state index contributed by atoms with van der Waals surface area (Å²) >= 11 is 0. The van der Waals surface area contributed by atoms with Gasteiger partial charge >= 0.3 is 0 Å². The lowest BCUT2D eigenvalue weighted by Crippen LogP contribution is -2.07. The molecule has 2 aromatic heterocycles. The maximum absolute atomic E-state index is 5.28. The Balaban J connectivity index is 1.96. The highest BCUT2D eigenvalue weighted by atomic mass is 16.6. The molecule has 0 spiro atoms. The van der Waals surface area contributed by atoms with E-state index in [1.165, 1.54) is 0 Å². The molecule has 0 atom stereocenters. The zero-order valence-electron chi connectivity index (χ0n) is 12.6. The first-order valence-corrected chi connectivity index (χ1v) is 7.36. The van der Waals surface area contributed by atoms with Crippen LogP contribution in [-0.4, -0.2) is 37.1 Å². The molecular formula is C16H14N6O. The number of nitrogens with zero attached hydrogens (tertiary/aromatic N) is 6. The van der Waals surface area contributed by atoms with Crippen LogP contribution < -0.4 is 0 Å². The van der Waals surface area contributed by atoms with Gasteiger partial charge in [0, 0.05) is 17.5 Å². The van der Waals surface area contributed by atoms with Crippen molar-refractivity contribution in [2.24, 2.45) is 5.16 Å². The normalized spacial score (nSPS) is 14.0. The Morgan fingerprint density at radius 1 is 1.22 bits per heavy atom. The molecule has 0 bridgehead atoms. The number of hydrogen-bond acceptors (Lipinski definition) is 6. The third-order valence-corrected chi connectivity index (χ3v) is 3.65. The van der Waals surface area contributed by atoms with Gasteiger partial charge in [-0.05, 0) is 0 Å². The first-order valence-electron chi connectivity index (χ1n) is 7.36. The van der Waals surface area contributed by atoms with E-state index in [4.69, 9.17) is 4.84 Å². The molecule has 7 heteroatoms. The van der Waals surface area contributed by atoms with E-state index in [-0.39, 0.29) is 0 Å². The Kier molecular flexibility index (Phi) is 3.11. The molecule has 3 aromatic rings. The Morgan fingerprint density at radius 2 is 2.04 bits per heavy atom. The van der Waals surface area contributed by atoms with Crippen LogP contribution in [0.1, 0.15) is 24.0 Å². The molecule has 1 aromatic carbocycles. The van der Waals surface area contributed by atoms with E-state index in [1.54, 1.807) is 10.6 Å². The third kappa shape index (κ3) is 2.01. The van der Waals surface area contributed by atoms with Crippen LogP contribution in [0.15, 0.2) is 42.1 Å². The van der Waals surface area contributed by atoms with E-state index in [1.807, 2.05) is 31.2 Å². The summed E-state index contributed by atoms with van der Waals surface area (Å²) in [5, 5.41) is 17.1. The van der Waals surface area contributed by atoms with Crippen LogP contribution in [0.4, 0.5) is 0 Å². The highest BCUT2D eigenvalue weighted by Crippen LogP contribution is 2.34. The quantitative estimate of drug-likeness (QED) is 0.327. The number of fused-ring (bicyclic) bond motifs is 4. The fourth-order valence-corrected chi connectivity index (χ4v) is 2.61. The van der Waals surface area contributed by atoms with E-state index in [0.717, 1.165) is 29.1 Å². The summed E-state index contributed by atoms with van der Waals surface area (Å²) in [5.74, 6) is 1.24. The van der Waals surface area contributed by atoms with Crippen LogP contribution in [0.25, 0.3) is 17.0 Å². The Hall–Kier alpha value is -3.09. The van der Waals surface area contributed by atoms with Gasteiger partial charge in [0.1, 0.15) is 23.7 Å². The molecule has 4 rings (SSSR count). The molecule has 1 aliphatic rings. The van der Waals surface area contributed by atoms with Crippen molar-refractivity contribution >= 4 is 11.5 Å². The van der Waals surface area contributed by atoms with Gasteiger partial charge < -0.3 is 4.84 Å². The topological polar surface area (TPSA) is 77.6 Å². The highest BCUT2D eigenvalue weighted by molar-refractivity contribution is 6.22. The van der Waals surface area contributed by atoms with Gasteiger partial charge in [0.05, 0.1) is 0 Å². The van der Waals surface area contributed by atoms with Crippen molar-refractivity contribution in [2.75, 3.05) is 6.61 Å². The number of hydrogen-bond donors (Lipinski definition) is 0. The number of aryl methyl sites for hydroxylation is 1. The molecule has 0 unspecified atom stereocenters. The molecule has 0 amide bonds. The first-order chi connectivity index (χ1) is 11.3. The summed E-state index contributed by atoms with van der Waals surface area (Å²) in [6.07, 6.45) is 2.38. The van der Waals surface area contributed by atoms with Gasteiger partial charge in [-0.3, -0.25) is 0 Å². The maximum atomic E-state index is 5.28. The predicted molar refractivity (Wildman–Crippen MR) is 85.2 cm³/mol. The van der Waals surface area contributed by atoms with Crippen LogP contribution in [0.5, 0.6) is 0 Å². The molecule has 1 aliphatic carbocycles. The second-order valence-electron chi connectivity index (χ2n) is 5.06. The minimum absolute atomic E-state index is 0.335. The van der Waals surface area contributed by atoms with Crippen molar-refractivity contribution in [3.05, 3.63) is 54.0 Å². The fourth-order valence-electron chi connectivity index (χ4n) is 2.61. The molecule has 0 N–H and O–H groups in total. The van der Waals surface area contributed by atoms with Gasteiger partial charge in [-0.1, -0.05) is 49.0 Å². The smallest absolute Gasteiger partial charge is 0.272 e. The summed E-state index contributed by atoms with van der Waals surface area (Å²) in [5.41, 5.74) is 4.02. The van der Waals surface area contributed by atoms with E-state index in [2.05, 4.69) is 32.0 Å². The van der Waals surface area contributed by atoms with Crippen molar-refractivity contribution < 1.29 is 4.84 Å². The fraction of sp³-hybridized carbons (Fsp3) is 0.188. The van der Waals surface area contributed by atoms with Gasteiger partial charge in [0.2, 0.25) is 0 Å². The number of benzene rings is 1. The Labute approximate surface area is 132 Å². The standard InChI is InChI=1S/C16H14N6O/c1-3-9-23-21-14-11-8-6-5-7-10(11)13-15(14)17-16-19-18-12(4-2)22(16)20-13/h3,5-8H,1,4,9H2,2H3. The van der Waals surface area contributed by atoms with Crippen LogP contribution in [0.3, 0.4) is 0 Å². The number of oxime groups is 1. The Morgan fingerprint density at radius 3 is 2.83 bits per heavy atom. The molecule has 7 nitrogen and oxygen atoms in total. The van der Waals surface area contributed by atoms with Gasteiger partial charge in [-0.2, -0.15) is 9.61 Å². The lowest BCUT2D eigenvalue weighted by Gasteiger charge is -2.01. The maximum Gasteiger partial charge on any atom is 0.272 e. The predicted octanol–water partition coefficient (Wildman–Crippen LogP) is 2.02. The summed E-state index contributed by atoms with van der Waals surface area (Å²) in [7, 11) is 0. The largest absolute Gasteiger partial charge is 0.391 e. The van der Waals surface area contributed by atoms with Crippen LogP contribution in [0.2, 0.25) is 0 Å². The molecular weight excluding hydrogens is 292 g/mol. The van der Waals surface area contributed by atoms with Crippen molar-refractivity contribution in [1.29, 1.82) is 0 Å². The Bertz CT molecular complexity index is 943. The zero-order valence-corrected chi connectivity index (χ0v) is 12.6. The van der Waals surface area contributed by atoms with Gasteiger partial charge in [0.25, 0.3) is 5.78 Å². The average molecular weight is 306 g/mol. The average Bonchev–Trinajstić information content (AvgIpc) is 3.12. The highest BCUT2D eigenvalue weighted by Gasteiger charge is 2.30. The van der Waals surface area contributed by atoms with Crippen molar-refractivity contribution in [2.45, 2.75) is 13.3 Å². The van der Waals surface area contributed by atoms with Crippen molar-refractivity contribution in [3.63, 3.8) is 0 Å². The van der Waals surface area contributed by atoms with E-state index >= 15 is 0 Å². The SMILES string of the molecule is C=CCON=C1c2ccccc2-c2nn3c(CC)nnc3nc21. The second kappa shape index (κ2) is 5.28. The van der Waals surface area contributed by atoms with Gasteiger partial charge in [-0.15, -0.1) is 10.2 Å². The molecule has 2 heterocycles. The molecule has 0 fully saturated rings. The lowest BCUT2D eigenvalue weighted by molar-refractivity contribution is 0.175. The number of aromatic nitrogens is 5. The summed E-state index contributed by atoms with van der Waals surface area (Å²) in [6, 6.07) is 7.91. The molecule has 114 valence electrons. The summed E-state index contributed by atoms with van der Waals surface area (Å²) < 4.78 is 1.68. The van der Waals surface area contributed by atoms with Gasteiger partial charge in [-0.25, -0.2) is 4.98 Å². The van der Waals surface area contributed by atoms with Crippen molar-refractivity contribution in [1.82, 2.24) is 24.8 Å². The third-order valence-electron chi connectivity index (χ3n) is 3.65. The monoisotopic (exact) mass is 306 g/mol. The summed E-state index contributed by atoms with van der Waals surface area (Å²) in [6.45, 7) is 5.97. The molecule has 0 saturated heterocycles. The van der Waals surface area contributed by atoms with Crippen LogP contribution in [-0.2, 0) is 11.3 Å². The molecule has 0 saturated carbocycles. The van der Waals surface area contributed by atoms with E-state index in [0.29, 0.717) is 23.8 Å². The minimum Gasteiger partial charge on any atom is -0.391 e. The van der Waals surface area contributed by atoms with E-state index < -0.39 is 0 Å². The first kappa shape index (κ1) is 13.6. The van der Waals surface area contributed by atoms with Gasteiger partial charge in [0.15, 0.2) is 5.82 Å².